The highest BCUT2D eigenvalue weighted by Gasteiger charge is 2.52. The van der Waals surface area contributed by atoms with Gasteiger partial charge in [0, 0.05) is 18.7 Å². The standard InChI is InChI=1S/C24H33NO6/c1-7-8-17(26)20-16(14-24(2,3)21(22(20)27)23(28)31-6)25-12-11-15-9-10-18(29-4)19(13-15)30-5/h9-10,13,20-21H,7-8,11-12,14H2,1-6H3/t20-,21-/m0/s1. The van der Waals surface area contributed by atoms with Gasteiger partial charge in [-0.25, -0.2) is 0 Å². The van der Waals surface area contributed by atoms with Crippen molar-refractivity contribution in [1.29, 1.82) is 0 Å². The normalized spacial score (nSPS) is 21.6. The minimum Gasteiger partial charge on any atom is -0.493 e. The van der Waals surface area contributed by atoms with E-state index in [-0.39, 0.29) is 12.2 Å². The molecule has 1 aliphatic carbocycles. The summed E-state index contributed by atoms with van der Waals surface area (Å²) in [5.74, 6) is -1.81. The Morgan fingerprint density at radius 1 is 1.13 bits per heavy atom. The summed E-state index contributed by atoms with van der Waals surface area (Å²) in [5, 5.41) is 0. The summed E-state index contributed by atoms with van der Waals surface area (Å²) in [5.41, 5.74) is 0.899. The molecule has 0 spiro atoms. The van der Waals surface area contributed by atoms with E-state index in [2.05, 4.69) is 4.99 Å². The Balaban J connectivity index is 2.29. The lowest BCUT2D eigenvalue weighted by Crippen LogP contribution is -2.52. The molecule has 0 heterocycles. The Kier molecular flexibility index (Phi) is 8.36. The number of benzene rings is 1. The summed E-state index contributed by atoms with van der Waals surface area (Å²) in [6, 6.07) is 5.66. The van der Waals surface area contributed by atoms with E-state index in [1.165, 1.54) is 7.11 Å². The number of carbonyl (C=O) groups excluding carboxylic acids is 3. The summed E-state index contributed by atoms with van der Waals surface area (Å²) in [4.78, 5) is 43.0. The van der Waals surface area contributed by atoms with E-state index in [1.807, 2.05) is 39.0 Å². The van der Waals surface area contributed by atoms with Crippen molar-refractivity contribution in [1.82, 2.24) is 0 Å². The third-order valence-corrected chi connectivity index (χ3v) is 5.74. The van der Waals surface area contributed by atoms with Crippen molar-refractivity contribution >= 4 is 23.2 Å². The fourth-order valence-corrected chi connectivity index (χ4v) is 4.19. The number of methoxy groups -OCH3 is 3. The first-order valence-electron chi connectivity index (χ1n) is 10.6. The lowest BCUT2D eigenvalue weighted by Gasteiger charge is -2.39. The Morgan fingerprint density at radius 2 is 1.81 bits per heavy atom. The van der Waals surface area contributed by atoms with Crippen molar-refractivity contribution in [3.8, 4) is 11.5 Å². The molecular formula is C24H33NO6. The Morgan fingerprint density at radius 3 is 2.39 bits per heavy atom. The van der Waals surface area contributed by atoms with Gasteiger partial charge in [0.15, 0.2) is 17.3 Å². The first-order chi connectivity index (χ1) is 14.7. The second-order valence-corrected chi connectivity index (χ2v) is 8.49. The van der Waals surface area contributed by atoms with Crippen LogP contribution in [0.15, 0.2) is 23.2 Å². The molecule has 0 unspecified atom stereocenters. The molecule has 7 heteroatoms. The highest BCUT2D eigenvalue weighted by Crippen LogP contribution is 2.41. The quantitative estimate of drug-likeness (QED) is 0.439. The number of ketones is 2. The summed E-state index contributed by atoms with van der Waals surface area (Å²) in [6.45, 7) is 6.00. The second-order valence-electron chi connectivity index (χ2n) is 8.49. The molecule has 1 aromatic rings. The first kappa shape index (κ1) is 24.6. The maximum Gasteiger partial charge on any atom is 0.316 e. The fraction of sp³-hybridized carbons (Fsp3) is 0.583. The van der Waals surface area contributed by atoms with Crippen LogP contribution < -0.4 is 9.47 Å². The molecule has 170 valence electrons. The maximum absolute atomic E-state index is 13.2. The lowest BCUT2D eigenvalue weighted by atomic mass is 9.62. The summed E-state index contributed by atoms with van der Waals surface area (Å²) in [6.07, 6.45) is 1.92. The van der Waals surface area contributed by atoms with Crippen molar-refractivity contribution in [3.63, 3.8) is 0 Å². The molecule has 2 atom stereocenters. The minimum atomic E-state index is -0.970. The molecule has 0 N–H and O–H groups in total. The van der Waals surface area contributed by atoms with Gasteiger partial charge in [-0.1, -0.05) is 26.8 Å². The molecule has 0 bridgehead atoms. The van der Waals surface area contributed by atoms with Crippen molar-refractivity contribution in [2.45, 2.75) is 46.5 Å². The van der Waals surface area contributed by atoms with E-state index in [4.69, 9.17) is 14.2 Å². The lowest BCUT2D eigenvalue weighted by molar-refractivity contribution is -0.156. The van der Waals surface area contributed by atoms with Crippen LogP contribution in [0.1, 0.15) is 45.6 Å². The number of rotatable bonds is 9. The van der Waals surface area contributed by atoms with Crippen molar-refractivity contribution in [2.75, 3.05) is 27.9 Å². The van der Waals surface area contributed by atoms with Crippen LogP contribution in [0.25, 0.3) is 0 Å². The van der Waals surface area contributed by atoms with E-state index in [1.54, 1.807) is 14.2 Å². The Hall–Kier alpha value is -2.70. The number of aliphatic imine (C=N–C) groups is 1. The molecule has 0 amide bonds. The van der Waals surface area contributed by atoms with Gasteiger partial charge in [-0.05, 0) is 42.4 Å². The van der Waals surface area contributed by atoms with E-state index in [0.717, 1.165) is 5.56 Å². The molecule has 0 aromatic heterocycles. The average Bonchev–Trinajstić information content (AvgIpc) is 2.72. The molecule has 0 aliphatic heterocycles. The molecule has 1 aromatic carbocycles. The third-order valence-electron chi connectivity index (χ3n) is 5.74. The molecule has 7 nitrogen and oxygen atoms in total. The first-order valence-corrected chi connectivity index (χ1v) is 10.6. The average molecular weight is 432 g/mol. The molecule has 2 rings (SSSR count). The number of Topliss-reactive ketones (excluding diaryl/α,β-unsaturated/α-hetero) is 2. The van der Waals surface area contributed by atoms with Crippen LogP contribution in [0.5, 0.6) is 11.5 Å². The summed E-state index contributed by atoms with van der Waals surface area (Å²) in [7, 11) is 4.43. The van der Waals surface area contributed by atoms with Gasteiger partial charge in [-0.2, -0.15) is 0 Å². The van der Waals surface area contributed by atoms with Gasteiger partial charge in [-0.15, -0.1) is 0 Å². The Bertz CT molecular complexity index is 858. The van der Waals surface area contributed by atoms with Gasteiger partial charge in [0.05, 0.1) is 21.3 Å². The highest BCUT2D eigenvalue weighted by atomic mass is 16.5. The molecule has 0 saturated heterocycles. The van der Waals surface area contributed by atoms with E-state index in [9.17, 15) is 14.4 Å². The van der Waals surface area contributed by atoms with Gasteiger partial charge >= 0.3 is 5.97 Å². The molecule has 31 heavy (non-hydrogen) atoms. The Labute approximate surface area is 184 Å². The topological polar surface area (TPSA) is 91.3 Å². The highest BCUT2D eigenvalue weighted by molar-refractivity contribution is 6.26. The monoisotopic (exact) mass is 431 g/mol. The number of hydrogen-bond acceptors (Lipinski definition) is 7. The molecular weight excluding hydrogens is 398 g/mol. The maximum atomic E-state index is 13.2. The predicted molar refractivity (Wildman–Crippen MR) is 118 cm³/mol. The largest absolute Gasteiger partial charge is 0.493 e. The third kappa shape index (κ3) is 5.51. The number of ether oxygens (including phenoxy) is 3. The van der Waals surface area contributed by atoms with Crippen molar-refractivity contribution < 1.29 is 28.6 Å². The summed E-state index contributed by atoms with van der Waals surface area (Å²) >= 11 is 0. The zero-order valence-electron chi connectivity index (χ0n) is 19.3. The van der Waals surface area contributed by atoms with Crippen LogP contribution in [-0.2, 0) is 25.5 Å². The van der Waals surface area contributed by atoms with Gasteiger partial charge in [0.25, 0.3) is 0 Å². The van der Waals surface area contributed by atoms with Crippen molar-refractivity contribution in [2.24, 2.45) is 22.2 Å². The van der Waals surface area contributed by atoms with Gasteiger partial charge in [0.2, 0.25) is 0 Å². The minimum absolute atomic E-state index is 0.179. The van der Waals surface area contributed by atoms with Crippen molar-refractivity contribution in [3.05, 3.63) is 23.8 Å². The summed E-state index contributed by atoms with van der Waals surface area (Å²) < 4.78 is 15.5. The molecule has 1 aliphatic rings. The van der Waals surface area contributed by atoms with Crippen LogP contribution >= 0.6 is 0 Å². The van der Waals surface area contributed by atoms with Crippen LogP contribution in [0.2, 0.25) is 0 Å². The van der Waals surface area contributed by atoms with Crippen LogP contribution in [-0.4, -0.2) is 51.1 Å². The van der Waals surface area contributed by atoms with Gasteiger partial charge in [0.1, 0.15) is 17.6 Å². The molecule has 1 saturated carbocycles. The van der Waals surface area contributed by atoms with Crippen LogP contribution in [0.3, 0.4) is 0 Å². The van der Waals surface area contributed by atoms with Gasteiger partial charge in [-0.3, -0.25) is 19.4 Å². The van der Waals surface area contributed by atoms with E-state index in [0.29, 0.717) is 43.0 Å². The van der Waals surface area contributed by atoms with Crippen LogP contribution in [0, 0.1) is 17.3 Å². The molecule has 1 fully saturated rings. The van der Waals surface area contributed by atoms with Gasteiger partial charge < -0.3 is 14.2 Å². The predicted octanol–water partition coefficient (Wildman–Crippen LogP) is 3.46. The van der Waals surface area contributed by atoms with Crippen LogP contribution in [0.4, 0.5) is 0 Å². The smallest absolute Gasteiger partial charge is 0.316 e. The number of carbonyl (C=O) groups is 3. The molecule has 0 radical (unpaired) electrons. The second kappa shape index (κ2) is 10.6. The number of hydrogen-bond donors (Lipinski definition) is 0. The zero-order valence-corrected chi connectivity index (χ0v) is 19.3. The zero-order chi connectivity index (χ0) is 23.2. The van der Waals surface area contributed by atoms with E-state index < -0.39 is 29.0 Å². The number of nitrogens with zero attached hydrogens (tertiary/aromatic N) is 1. The fourth-order valence-electron chi connectivity index (χ4n) is 4.19. The number of esters is 1. The van der Waals surface area contributed by atoms with E-state index >= 15 is 0 Å². The SMILES string of the molecule is CCCC(=O)[C@H]1C(=O)[C@@H](C(=O)OC)C(C)(C)CC1=NCCc1ccc(OC)c(OC)c1.